The highest BCUT2D eigenvalue weighted by molar-refractivity contribution is 6.13. The van der Waals surface area contributed by atoms with Crippen molar-refractivity contribution in [1.29, 1.82) is 0 Å². The number of carbonyl (C=O) groups excluding carboxylic acids is 2. The first-order valence-electron chi connectivity index (χ1n) is 12.5. The second-order valence-electron chi connectivity index (χ2n) is 9.71. The SMILES string of the molecule is O=C(Nc1ccc2c3c(cccc13)CC2)c1cccc(C(=O)Nc2ccc3c4c(cccc24)CC3)c1. The van der Waals surface area contributed by atoms with Crippen LogP contribution in [0.15, 0.2) is 84.9 Å². The molecule has 0 heterocycles. The Balaban J connectivity index is 1.16. The molecule has 0 radical (unpaired) electrons. The number of rotatable bonds is 4. The maximum Gasteiger partial charge on any atom is 0.255 e. The van der Waals surface area contributed by atoms with Gasteiger partial charge in [0.05, 0.1) is 0 Å². The van der Waals surface area contributed by atoms with Crippen LogP contribution < -0.4 is 10.6 Å². The van der Waals surface area contributed by atoms with Crippen LogP contribution in [0.4, 0.5) is 11.4 Å². The zero-order valence-electron chi connectivity index (χ0n) is 19.7. The van der Waals surface area contributed by atoms with Gasteiger partial charge in [-0.3, -0.25) is 9.59 Å². The first-order valence-corrected chi connectivity index (χ1v) is 12.5. The lowest BCUT2D eigenvalue weighted by Gasteiger charge is -2.12. The van der Waals surface area contributed by atoms with Crippen LogP contribution in [0.5, 0.6) is 0 Å². The van der Waals surface area contributed by atoms with E-state index >= 15 is 0 Å². The van der Waals surface area contributed by atoms with Gasteiger partial charge in [0, 0.05) is 33.3 Å². The fraction of sp³-hybridized carbons (Fsp3) is 0.125. The van der Waals surface area contributed by atoms with E-state index < -0.39 is 0 Å². The van der Waals surface area contributed by atoms with Crippen molar-refractivity contribution in [2.24, 2.45) is 0 Å². The molecule has 2 aliphatic rings. The van der Waals surface area contributed by atoms with Crippen molar-refractivity contribution < 1.29 is 9.59 Å². The third kappa shape index (κ3) is 3.29. The molecule has 2 aliphatic carbocycles. The molecule has 0 aliphatic heterocycles. The van der Waals surface area contributed by atoms with Crippen LogP contribution in [0.1, 0.15) is 43.0 Å². The van der Waals surface area contributed by atoms with Crippen molar-refractivity contribution in [2.45, 2.75) is 25.7 Å². The molecule has 0 aromatic heterocycles. The van der Waals surface area contributed by atoms with Crippen LogP contribution in [-0.4, -0.2) is 11.8 Å². The monoisotopic (exact) mass is 468 g/mol. The molecule has 4 nitrogen and oxygen atoms in total. The van der Waals surface area contributed by atoms with Gasteiger partial charge in [0.2, 0.25) is 0 Å². The number of anilines is 2. The third-order valence-electron chi connectivity index (χ3n) is 7.64. The molecule has 36 heavy (non-hydrogen) atoms. The van der Waals surface area contributed by atoms with E-state index in [0.717, 1.165) is 47.8 Å². The lowest BCUT2D eigenvalue weighted by Crippen LogP contribution is -2.16. The van der Waals surface area contributed by atoms with E-state index in [1.165, 1.54) is 33.0 Å². The van der Waals surface area contributed by atoms with E-state index in [1.807, 2.05) is 24.3 Å². The van der Waals surface area contributed by atoms with Crippen LogP contribution in [0.3, 0.4) is 0 Å². The van der Waals surface area contributed by atoms with E-state index in [0.29, 0.717) is 11.1 Å². The molecule has 0 saturated carbocycles. The highest BCUT2D eigenvalue weighted by Crippen LogP contribution is 2.36. The molecular formula is C32H24N2O2. The van der Waals surface area contributed by atoms with Gasteiger partial charge >= 0.3 is 0 Å². The number of aryl methyl sites for hydroxylation is 4. The molecule has 5 aromatic rings. The average molecular weight is 469 g/mol. The standard InChI is InChI=1S/C32H24N2O2/c35-31(33-27-16-14-21-12-10-19-4-2-8-25(27)29(19)21)23-6-1-7-24(18-23)32(36)34-28-17-15-22-13-11-20-5-3-9-26(28)30(20)22/h1-9,14-18H,10-13H2,(H,33,35)(H,34,36). The molecule has 0 saturated heterocycles. The van der Waals surface area contributed by atoms with Crippen LogP contribution in [0.25, 0.3) is 21.5 Å². The van der Waals surface area contributed by atoms with Crippen LogP contribution in [0, 0.1) is 0 Å². The fourth-order valence-corrected chi connectivity index (χ4v) is 5.90. The molecular weight excluding hydrogens is 444 g/mol. The average Bonchev–Trinajstić information content (AvgIpc) is 3.53. The van der Waals surface area contributed by atoms with Crippen molar-refractivity contribution in [2.75, 3.05) is 10.6 Å². The Morgan fingerprint density at radius 2 is 0.917 bits per heavy atom. The predicted octanol–water partition coefficient (Wildman–Crippen LogP) is 6.69. The fourth-order valence-electron chi connectivity index (χ4n) is 5.90. The van der Waals surface area contributed by atoms with Gasteiger partial charge < -0.3 is 10.6 Å². The Morgan fingerprint density at radius 3 is 1.39 bits per heavy atom. The molecule has 0 bridgehead atoms. The topological polar surface area (TPSA) is 58.2 Å². The number of amides is 2. The van der Waals surface area contributed by atoms with E-state index in [1.54, 1.807) is 24.3 Å². The second kappa shape index (κ2) is 8.06. The minimum absolute atomic E-state index is 0.228. The molecule has 2 N–H and O–H groups in total. The Hall–Kier alpha value is -4.44. The third-order valence-corrected chi connectivity index (χ3v) is 7.64. The molecule has 7 rings (SSSR count). The first kappa shape index (κ1) is 20.9. The minimum atomic E-state index is -0.228. The highest BCUT2D eigenvalue weighted by atomic mass is 16.2. The number of benzene rings is 5. The summed E-state index contributed by atoms with van der Waals surface area (Å²) < 4.78 is 0. The lowest BCUT2D eigenvalue weighted by molar-refractivity contribution is 0.102. The normalized spacial score (nSPS) is 13.3. The highest BCUT2D eigenvalue weighted by Gasteiger charge is 2.19. The van der Waals surface area contributed by atoms with Crippen LogP contribution >= 0.6 is 0 Å². The van der Waals surface area contributed by atoms with E-state index in [2.05, 4.69) is 47.0 Å². The van der Waals surface area contributed by atoms with Gasteiger partial charge in [-0.2, -0.15) is 0 Å². The minimum Gasteiger partial charge on any atom is -0.321 e. The zero-order chi connectivity index (χ0) is 24.2. The van der Waals surface area contributed by atoms with Crippen LogP contribution in [-0.2, 0) is 25.7 Å². The summed E-state index contributed by atoms with van der Waals surface area (Å²) in [6, 6.07) is 27.6. The lowest BCUT2D eigenvalue weighted by atomic mass is 10.0. The Kier molecular flexibility index (Phi) is 4.68. The molecule has 4 heteroatoms. The van der Waals surface area contributed by atoms with E-state index in [-0.39, 0.29) is 11.8 Å². The number of carbonyl (C=O) groups is 2. The van der Waals surface area contributed by atoms with Gasteiger partial charge in [0.15, 0.2) is 0 Å². The quantitative estimate of drug-likeness (QED) is 0.309. The summed E-state index contributed by atoms with van der Waals surface area (Å²) in [5.74, 6) is -0.456. The molecule has 0 unspecified atom stereocenters. The van der Waals surface area contributed by atoms with E-state index in [4.69, 9.17) is 0 Å². The molecule has 5 aromatic carbocycles. The predicted molar refractivity (Wildman–Crippen MR) is 145 cm³/mol. The maximum atomic E-state index is 13.2. The Bertz CT molecular complexity index is 1590. The zero-order valence-corrected chi connectivity index (χ0v) is 19.7. The Labute approximate surface area is 209 Å². The summed E-state index contributed by atoms with van der Waals surface area (Å²) in [7, 11) is 0. The van der Waals surface area contributed by atoms with Gasteiger partial charge in [0.25, 0.3) is 11.8 Å². The van der Waals surface area contributed by atoms with Crippen LogP contribution in [0.2, 0.25) is 0 Å². The van der Waals surface area contributed by atoms with Crippen molar-refractivity contribution in [3.05, 3.63) is 118 Å². The summed E-state index contributed by atoms with van der Waals surface area (Å²) >= 11 is 0. The number of nitrogens with one attached hydrogen (secondary N) is 2. The summed E-state index contributed by atoms with van der Waals surface area (Å²) in [6.45, 7) is 0. The maximum absolute atomic E-state index is 13.2. The largest absolute Gasteiger partial charge is 0.321 e. The van der Waals surface area contributed by atoms with E-state index in [9.17, 15) is 9.59 Å². The van der Waals surface area contributed by atoms with Gasteiger partial charge in [0.1, 0.15) is 0 Å². The summed E-state index contributed by atoms with van der Waals surface area (Å²) in [6.07, 6.45) is 4.17. The smallest absolute Gasteiger partial charge is 0.255 e. The molecule has 0 atom stereocenters. The molecule has 0 spiro atoms. The Morgan fingerprint density at radius 1 is 0.500 bits per heavy atom. The van der Waals surface area contributed by atoms with Crippen molar-refractivity contribution in [3.63, 3.8) is 0 Å². The van der Waals surface area contributed by atoms with Gasteiger partial charge in [-0.05, 0) is 89.0 Å². The first-order chi connectivity index (χ1) is 17.7. The van der Waals surface area contributed by atoms with Gasteiger partial charge in [-0.25, -0.2) is 0 Å². The number of hydrogen-bond donors (Lipinski definition) is 2. The molecule has 174 valence electrons. The molecule has 0 fully saturated rings. The van der Waals surface area contributed by atoms with Crippen molar-refractivity contribution >= 4 is 44.7 Å². The molecule has 2 amide bonds. The second-order valence-corrected chi connectivity index (χ2v) is 9.71. The summed E-state index contributed by atoms with van der Waals surface area (Å²) in [5, 5.41) is 10.8. The van der Waals surface area contributed by atoms with Gasteiger partial charge in [-0.15, -0.1) is 0 Å². The van der Waals surface area contributed by atoms with Crippen molar-refractivity contribution in [3.8, 4) is 0 Å². The summed E-state index contributed by atoms with van der Waals surface area (Å²) in [4.78, 5) is 26.4. The van der Waals surface area contributed by atoms with Crippen molar-refractivity contribution in [1.82, 2.24) is 0 Å². The van der Waals surface area contributed by atoms with Gasteiger partial charge in [-0.1, -0.05) is 54.6 Å². The number of hydrogen-bond acceptors (Lipinski definition) is 2. The summed E-state index contributed by atoms with van der Waals surface area (Å²) in [5.41, 5.74) is 7.83.